The number of nitrogens with zero attached hydrogens (tertiary/aromatic N) is 2. The van der Waals surface area contributed by atoms with Crippen LogP contribution in [-0.4, -0.2) is 16.3 Å². The van der Waals surface area contributed by atoms with Crippen molar-refractivity contribution in [2.75, 3.05) is 6.54 Å². The van der Waals surface area contributed by atoms with Crippen LogP contribution in [0.25, 0.3) is 0 Å². The molecule has 1 heterocycles. The number of rotatable bonds is 5. The lowest BCUT2D eigenvalue weighted by Crippen LogP contribution is -2.23. The van der Waals surface area contributed by atoms with Crippen molar-refractivity contribution in [2.24, 2.45) is 7.05 Å². The van der Waals surface area contributed by atoms with Crippen molar-refractivity contribution in [3.8, 4) is 0 Å². The Morgan fingerprint density at radius 1 is 1.26 bits per heavy atom. The lowest BCUT2D eigenvalue weighted by Gasteiger charge is -2.18. The van der Waals surface area contributed by atoms with Crippen LogP contribution in [0.1, 0.15) is 24.2 Å². The summed E-state index contributed by atoms with van der Waals surface area (Å²) in [5.41, 5.74) is 2.13. The van der Waals surface area contributed by atoms with E-state index in [2.05, 4.69) is 17.3 Å². The van der Waals surface area contributed by atoms with Gasteiger partial charge in [-0.25, -0.2) is 0 Å². The van der Waals surface area contributed by atoms with E-state index in [-0.39, 0.29) is 6.04 Å². The molecule has 0 spiro atoms. The molecule has 1 N–H and O–H groups in total. The number of likely N-dealkylation sites (N-methyl/N-ethyl adjacent to an activating group) is 1. The van der Waals surface area contributed by atoms with Gasteiger partial charge in [-0.3, -0.25) is 4.68 Å². The first kappa shape index (κ1) is 14.4. The summed E-state index contributed by atoms with van der Waals surface area (Å²) in [6.07, 6.45) is 2.76. The smallest absolute Gasteiger partial charge is 0.0643 e. The third-order valence-electron chi connectivity index (χ3n) is 2.92. The number of aryl methyl sites for hydroxylation is 1. The lowest BCUT2D eigenvalue weighted by atomic mass is 10.0. The Hall–Kier alpha value is -1.03. The molecule has 1 unspecified atom stereocenters. The second-order valence-corrected chi connectivity index (χ2v) is 5.37. The largest absolute Gasteiger partial charge is 0.310 e. The van der Waals surface area contributed by atoms with Gasteiger partial charge in [-0.1, -0.05) is 30.1 Å². The molecule has 19 heavy (non-hydrogen) atoms. The van der Waals surface area contributed by atoms with E-state index in [1.54, 1.807) is 6.07 Å². The summed E-state index contributed by atoms with van der Waals surface area (Å²) in [6.45, 7) is 2.96. The molecule has 0 aliphatic heterocycles. The Labute approximate surface area is 123 Å². The van der Waals surface area contributed by atoms with E-state index in [9.17, 15) is 0 Å². The average Bonchev–Trinajstić information content (AvgIpc) is 2.73. The molecule has 0 bridgehead atoms. The van der Waals surface area contributed by atoms with Gasteiger partial charge in [0.25, 0.3) is 0 Å². The van der Waals surface area contributed by atoms with Gasteiger partial charge in [-0.05, 0) is 36.4 Å². The molecule has 3 nitrogen and oxygen atoms in total. The van der Waals surface area contributed by atoms with Crippen LogP contribution in [0.5, 0.6) is 0 Å². The van der Waals surface area contributed by atoms with E-state index in [1.165, 1.54) is 0 Å². The van der Waals surface area contributed by atoms with Crippen molar-refractivity contribution in [1.29, 1.82) is 0 Å². The zero-order chi connectivity index (χ0) is 13.8. The molecule has 0 aliphatic rings. The predicted molar refractivity (Wildman–Crippen MR) is 79.8 cm³/mol. The summed E-state index contributed by atoms with van der Waals surface area (Å²) in [5.74, 6) is 0. The minimum absolute atomic E-state index is 0.163. The Balaban J connectivity index is 2.23. The Bertz CT molecular complexity index is 531. The molecular weight excluding hydrogens is 281 g/mol. The molecular formula is C14H17Cl2N3. The molecule has 0 fully saturated rings. The number of nitrogens with one attached hydrogen (secondary N) is 1. The fourth-order valence-corrected chi connectivity index (χ4v) is 2.65. The molecule has 5 heteroatoms. The van der Waals surface area contributed by atoms with Gasteiger partial charge in [0.1, 0.15) is 0 Å². The van der Waals surface area contributed by atoms with Gasteiger partial charge >= 0.3 is 0 Å². The van der Waals surface area contributed by atoms with Crippen molar-refractivity contribution < 1.29 is 0 Å². The molecule has 0 saturated heterocycles. The summed E-state index contributed by atoms with van der Waals surface area (Å²) >= 11 is 12.1. The standard InChI is InChI=1S/C14H17Cl2N3/c1-3-17-14(9-13-4-5-19(2)18-13)10-6-11(15)8-12(16)7-10/h4-8,14,17H,3,9H2,1-2H3. The van der Waals surface area contributed by atoms with Gasteiger partial charge in [-0.2, -0.15) is 5.10 Å². The Morgan fingerprint density at radius 3 is 2.47 bits per heavy atom. The van der Waals surface area contributed by atoms with Crippen LogP contribution < -0.4 is 5.32 Å². The van der Waals surface area contributed by atoms with Crippen molar-refractivity contribution in [2.45, 2.75) is 19.4 Å². The third-order valence-corrected chi connectivity index (χ3v) is 3.36. The van der Waals surface area contributed by atoms with Crippen molar-refractivity contribution in [3.63, 3.8) is 0 Å². The maximum atomic E-state index is 6.07. The lowest BCUT2D eigenvalue weighted by molar-refractivity contribution is 0.540. The number of halogens is 2. The van der Waals surface area contributed by atoms with Crippen LogP contribution in [0.15, 0.2) is 30.5 Å². The quantitative estimate of drug-likeness (QED) is 0.913. The summed E-state index contributed by atoms with van der Waals surface area (Å²) in [4.78, 5) is 0. The van der Waals surface area contributed by atoms with Crippen LogP contribution in [0.2, 0.25) is 10.0 Å². The van der Waals surface area contributed by atoms with E-state index in [4.69, 9.17) is 23.2 Å². The normalized spacial score (nSPS) is 12.6. The Morgan fingerprint density at radius 2 is 1.95 bits per heavy atom. The first-order valence-corrected chi connectivity index (χ1v) is 7.02. The summed E-state index contributed by atoms with van der Waals surface area (Å²) in [7, 11) is 1.92. The van der Waals surface area contributed by atoms with E-state index in [1.807, 2.05) is 36.1 Å². The second-order valence-electron chi connectivity index (χ2n) is 4.50. The van der Waals surface area contributed by atoms with Crippen LogP contribution in [-0.2, 0) is 13.5 Å². The topological polar surface area (TPSA) is 29.9 Å². The SMILES string of the molecule is CCNC(Cc1ccn(C)n1)c1cc(Cl)cc(Cl)c1. The Kier molecular flexibility index (Phi) is 4.86. The maximum absolute atomic E-state index is 6.07. The monoisotopic (exact) mass is 297 g/mol. The molecule has 2 aromatic rings. The minimum Gasteiger partial charge on any atom is -0.310 e. The second kappa shape index (κ2) is 6.42. The molecule has 1 aromatic carbocycles. The fourth-order valence-electron chi connectivity index (χ4n) is 2.11. The summed E-state index contributed by atoms with van der Waals surface area (Å²) in [5, 5.41) is 9.18. The highest BCUT2D eigenvalue weighted by atomic mass is 35.5. The zero-order valence-electron chi connectivity index (χ0n) is 11.0. The third kappa shape index (κ3) is 3.96. The van der Waals surface area contributed by atoms with E-state index in [0.29, 0.717) is 10.0 Å². The molecule has 102 valence electrons. The zero-order valence-corrected chi connectivity index (χ0v) is 12.5. The summed E-state index contributed by atoms with van der Waals surface area (Å²) < 4.78 is 1.81. The van der Waals surface area contributed by atoms with Gasteiger partial charge in [0, 0.05) is 35.8 Å². The molecule has 2 rings (SSSR count). The van der Waals surface area contributed by atoms with E-state index >= 15 is 0 Å². The fraction of sp³-hybridized carbons (Fsp3) is 0.357. The number of benzene rings is 1. The van der Waals surface area contributed by atoms with Gasteiger partial charge in [0.2, 0.25) is 0 Å². The highest BCUT2D eigenvalue weighted by Crippen LogP contribution is 2.25. The highest BCUT2D eigenvalue weighted by molar-refractivity contribution is 6.34. The van der Waals surface area contributed by atoms with Gasteiger partial charge in [0.15, 0.2) is 0 Å². The van der Waals surface area contributed by atoms with E-state index in [0.717, 1.165) is 24.2 Å². The first-order chi connectivity index (χ1) is 9.08. The van der Waals surface area contributed by atoms with Crippen molar-refractivity contribution in [3.05, 3.63) is 51.8 Å². The summed E-state index contributed by atoms with van der Waals surface area (Å²) in [6, 6.07) is 7.83. The first-order valence-electron chi connectivity index (χ1n) is 6.26. The average molecular weight is 298 g/mol. The molecule has 0 aliphatic carbocycles. The molecule has 0 amide bonds. The van der Waals surface area contributed by atoms with Gasteiger partial charge < -0.3 is 5.32 Å². The maximum Gasteiger partial charge on any atom is 0.0643 e. The van der Waals surface area contributed by atoms with Crippen LogP contribution in [0, 0.1) is 0 Å². The minimum atomic E-state index is 0.163. The predicted octanol–water partition coefficient (Wildman–Crippen LogP) is 3.62. The molecule has 1 atom stereocenters. The van der Waals surface area contributed by atoms with Crippen LogP contribution >= 0.6 is 23.2 Å². The van der Waals surface area contributed by atoms with Gasteiger partial charge in [-0.15, -0.1) is 0 Å². The molecule has 0 radical (unpaired) electrons. The van der Waals surface area contributed by atoms with Crippen molar-refractivity contribution >= 4 is 23.2 Å². The van der Waals surface area contributed by atoms with Crippen LogP contribution in [0.3, 0.4) is 0 Å². The molecule has 1 aromatic heterocycles. The number of hydrogen-bond acceptors (Lipinski definition) is 2. The van der Waals surface area contributed by atoms with Crippen molar-refractivity contribution in [1.82, 2.24) is 15.1 Å². The van der Waals surface area contributed by atoms with Crippen LogP contribution in [0.4, 0.5) is 0 Å². The van der Waals surface area contributed by atoms with E-state index < -0.39 is 0 Å². The van der Waals surface area contributed by atoms with Gasteiger partial charge in [0.05, 0.1) is 5.69 Å². The molecule has 0 saturated carbocycles. The highest BCUT2D eigenvalue weighted by Gasteiger charge is 2.14. The number of aromatic nitrogens is 2. The number of hydrogen-bond donors (Lipinski definition) is 1.